The van der Waals surface area contributed by atoms with Crippen LogP contribution in [0.15, 0.2) is 0 Å². The van der Waals surface area contributed by atoms with E-state index in [0.29, 0.717) is 0 Å². The highest BCUT2D eigenvalue weighted by atomic mass is 19.1. The maximum absolute atomic E-state index is 10.7. The van der Waals surface area contributed by atoms with Crippen LogP contribution in [0.4, 0.5) is 4.39 Å². The van der Waals surface area contributed by atoms with Crippen molar-refractivity contribution >= 4 is 6.41 Å². The zero-order valence-corrected chi connectivity index (χ0v) is 2.90. The van der Waals surface area contributed by atoms with Crippen molar-refractivity contribution in [3.05, 3.63) is 0 Å². The summed E-state index contributed by atoms with van der Waals surface area (Å²) in [5.41, 5.74) is 1.52. The normalized spacial score (nSPS) is 7.50. The summed E-state index contributed by atoms with van der Waals surface area (Å²) in [4.78, 5) is 12.7. The first kappa shape index (κ1) is 5.36. The van der Waals surface area contributed by atoms with Crippen LogP contribution in [0, 0.1) is 0 Å². The number of carbonyl (C=O) groups excluding carboxylic acids is 1. The van der Waals surface area contributed by atoms with Gasteiger partial charge in [0.05, 0.1) is 0 Å². The molecular weight excluding hydrogens is 89.0 g/mol. The summed E-state index contributed by atoms with van der Waals surface area (Å²) in [7, 11) is 0. The maximum Gasteiger partial charge on any atom is 0.335 e. The Morgan fingerprint density at radius 2 is 2.67 bits per heavy atom. The molecule has 1 radical (unpaired) electrons. The van der Waals surface area contributed by atoms with Gasteiger partial charge in [-0.3, -0.25) is 4.79 Å². The number of alkyl halides is 1. The minimum absolute atomic E-state index is 1.02. The fourth-order valence-corrected chi connectivity index (χ4v) is 0.0567. The number of rotatable bonds is 3. The lowest BCUT2D eigenvalue weighted by Crippen LogP contribution is -2.09. The molecule has 0 aliphatic rings. The van der Waals surface area contributed by atoms with Gasteiger partial charge in [0.15, 0.2) is 0 Å². The summed E-state index contributed by atoms with van der Waals surface area (Å²) >= 11 is 0. The minimum Gasteiger partial charge on any atom is -0.261 e. The number of hydroxylamine groups is 1. The van der Waals surface area contributed by atoms with Crippen LogP contribution in [-0.2, 0) is 9.63 Å². The van der Waals surface area contributed by atoms with Gasteiger partial charge in [-0.2, -0.15) is 0 Å². The quantitative estimate of drug-likeness (QED) is 0.289. The fraction of sp³-hybridized carbons (Fsp3) is 0.500. The highest BCUT2D eigenvalue weighted by Crippen LogP contribution is 1.59. The van der Waals surface area contributed by atoms with Gasteiger partial charge in [0.1, 0.15) is 0 Å². The molecule has 35 valence electrons. The molecule has 0 rings (SSSR count). The van der Waals surface area contributed by atoms with Gasteiger partial charge in [0, 0.05) is 0 Å². The van der Waals surface area contributed by atoms with E-state index in [0.717, 1.165) is 6.41 Å². The van der Waals surface area contributed by atoms with E-state index in [9.17, 15) is 4.39 Å². The Hall–Kier alpha value is -0.640. The van der Waals surface area contributed by atoms with E-state index >= 15 is 0 Å². The first-order chi connectivity index (χ1) is 2.91. The topological polar surface area (TPSA) is 38.3 Å². The smallest absolute Gasteiger partial charge is 0.261 e. The number of amides is 1. The molecule has 0 bridgehead atoms. The van der Waals surface area contributed by atoms with E-state index in [1.807, 2.05) is 0 Å². The average Bonchev–Trinajstić information content (AvgIpc) is 1.61. The van der Waals surface area contributed by atoms with Gasteiger partial charge in [0.2, 0.25) is 6.86 Å². The molecule has 0 unspecified atom stereocenters. The van der Waals surface area contributed by atoms with E-state index in [1.165, 1.54) is 5.48 Å². The lowest BCUT2D eigenvalue weighted by atomic mass is 11.4. The standard InChI is InChI=1S/C2H3FNO2/c3-1-6-4-2-5/h1H2,(H,4,5). The summed E-state index contributed by atoms with van der Waals surface area (Å²) in [6.07, 6.45) is 1.11. The van der Waals surface area contributed by atoms with Crippen LogP contribution in [0.25, 0.3) is 0 Å². The molecule has 0 atom stereocenters. The van der Waals surface area contributed by atoms with Crippen LogP contribution in [0.2, 0.25) is 0 Å². The lowest BCUT2D eigenvalue weighted by molar-refractivity contribution is 0.0164. The SMILES string of the molecule is O=[C]NOCF. The molecule has 0 saturated carbocycles. The summed E-state index contributed by atoms with van der Waals surface area (Å²) in [6, 6.07) is 0. The second-order valence-corrected chi connectivity index (χ2v) is 0.458. The van der Waals surface area contributed by atoms with Crippen LogP contribution in [0.5, 0.6) is 0 Å². The Morgan fingerprint density at radius 3 is 2.83 bits per heavy atom. The molecule has 0 fully saturated rings. The van der Waals surface area contributed by atoms with E-state index in [2.05, 4.69) is 4.84 Å². The molecule has 1 amide bonds. The molecule has 0 saturated heterocycles. The molecule has 0 aliphatic carbocycles. The molecule has 0 heterocycles. The predicted molar refractivity (Wildman–Crippen MR) is 15.9 cm³/mol. The Balaban J connectivity index is 2.49. The van der Waals surface area contributed by atoms with Crippen molar-refractivity contribution in [1.82, 2.24) is 5.48 Å². The number of nitrogens with one attached hydrogen (secondary N) is 1. The van der Waals surface area contributed by atoms with Crippen molar-refractivity contribution in [3.8, 4) is 0 Å². The van der Waals surface area contributed by atoms with Crippen molar-refractivity contribution in [3.63, 3.8) is 0 Å². The van der Waals surface area contributed by atoms with Gasteiger partial charge in [-0.1, -0.05) is 0 Å². The molecule has 4 heteroatoms. The lowest BCUT2D eigenvalue weighted by Gasteiger charge is -1.85. The number of halogens is 1. The number of hydrogen-bond donors (Lipinski definition) is 1. The van der Waals surface area contributed by atoms with Crippen LogP contribution in [-0.4, -0.2) is 13.3 Å². The molecule has 3 nitrogen and oxygen atoms in total. The molecule has 0 aromatic carbocycles. The van der Waals surface area contributed by atoms with Crippen molar-refractivity contribution in [2.45, 2.75) is 0 Å². The van der Waals surface area contributed by atoms with E-state index < -0.39 is 6.86 Å². The maximum atomic E-state index is 10.7. The van der Waals surface area contributed by atoms with Crippen molar-refractivity contribution in [1.29, 1.82) is 0 Å². The highest BCUT2D eigenvalue weighted by Gasteiger charge is 1.72. The fourth-order valence-electron chi connectivity index (χ4n) is 0.0567. The molecule has 1 N–H and O–H groups in total. The van der Waals surface area contributed by atoms with Crippen molar-refractivity contribution in [2.24, 2.45) is 0 Å². The third kappa shape index (κ3) is 3.36. The zero-order valence-electron chi connectivity index (χ0n) is 2.90. The van der Waals surface area contributed by atoms with Gasteiger partial charge in [-0.15, -0.1) is 0 Å². The second-order valence-electron chi connectivity index (χ2n) is 0.458. The highest BCUT2D eigenvalue weighted by molar-refractivity contribution is 5.44. The van der Waals surface area contributed by atoms with Gasteiger partial charge in [-0.05, 0) is 0 Å². The minimum atomic E-state index is -1.02. The van der Waals surface area contributed by atoms with Gasteiger partial charge < -0.3 is 0 Å². The summed E-state index contributed by atoms with van der Waals surface area (Å²) in [5.74, 6) is 0. The Labute approximate surface area is 34.0 Å². The van der Waals surface area contributed by atoms with Gasteiger partial charge >= 0.3 is 6.41 Å². The monoisotopic (exact) mass is 92.0 g/mol. The molecule has 0 aromatic heterocycles. The number of hydrogen-bond acceptors (Lipinski definition) is 2. The van der Waals surface area contributed by atoms with Crippen molar-refractivity contribution in [2.75, 3.05) is 6.86 Å². The molecule has 0 aliphatic heterocycles. The largest absolute Gasteiger partial charge is 0.335 e. The van der Waals surface area contributed by atoms with Crippen molar-refractivity contribution < 1.29 is 14.0 Å². The van der Waals surface area contributed by atoms with Crippen LogP contribution in [0.3, 0.4) is 0 Å². The summed E-state index contributed by atoms with van der Waals surface area (Å²) < 4.78 is 10.7. The van der Waals surface area contributed by atoms with Crippen LogP contribution in [0.1, 0.15) is 0 Å². The molecule has 0 aromatic rings. The zero-order chi connectivity index (χ0) is 4.83. The van der Waals surface area contributed by atoms with E-state index in [4.69, 9.17) is 4.79 Å². The van der Waals surface area contributed by atoms with Crippen LogP contribution >= 0.6 is 0 Å². The molecule has 6 heavy (non-hydrogen) atoms. The third-order valence-electron chi connectivity index (χ3n) is 0.168. The van der Waals surface area contributed by atoms with Gasteiger partial charge in [0.25, 0.3) is 0 Å². The van der Waals surface area contributed by atoms with E-state index in [1.54, 1.807) is 0 Å². The predicted octanol–water partition coefficient (Wildman–Crippen LogP) is -0.498. The molecular formula is C2H3FNO2. The summed E-state index contributed by atoms with van der Waals surface area (Å²) in [5, 5.41) is 0. The Bertz CT molecular complexity index is 40.5. The Kier molecular flexibility index (Phi) is 3.89. The second kappa shape index (κ2) is 4.36. The first-order valence-corrected chi connectivity index (χ1v) is 1.21. The average molecular weight is 92.0 g/mol. The summed E-state index contributed by atoms with van der Waals surface area (Å²) in [6.45, 7) is -1.02. The third-order valence-corrected chi connectivity index (χ3v) is 0.168. The molecule has 0 spiro atoms. The Morgan fingerprint density at radius 1 is 2.00 bits per heavy atom. The first-order valence-electron chi connectivity index (χ1n) is 1.21. The van der Waals surface area contributed by atoms with E-state index in [-0.39, 0.29) is 0 Å². The van der Waals surface area contributed by atoms with Gasteiger partial charge in [-0.25, -0.2) is 14.7 Å². The van der Waals surface area contributed by atoms with Crippen LogP contribution < -0.4 is 5.48 Å².